The van der Waals surface area contributed by atoms with Crippen molar-refractivity contribution in [2.24, 2.45) is 11.8 Å². The van der Waals surface area contributed by atoms with E-state index < -0.39 is 23.6 Å². The highest BCUT2D eigenvalue weighted by Gasteiger charge is 2.65. The zero-order valence-electron chi connectivity index (χ0n) is 17.6. The fraction of sp³-hybridized carbons (Fsp3) is 0.478. The third-order valence-corrected chi connectivity index (χ3v) is 6.23. The van der Waals surface area contributed by atoms with E-state index in [1.54, 1.807) is 27.4 Å². The van der Waals surface area contributed by atoms with Crippen molar-refractivity contribution in [3.8, 4) is 11.5 Å². The lowest BCUT2D eigenvalue weighted by Crippen LogP contribution is -2.50. The van der Waals surface area contributed by atoms with Crippen LogP contribution in [0.5, 0.6) is 11.5 Å². The lowest BCUT2D eigenvalue weighted by molar-refractivity contribution is -0.166. The molecule has 6 nitrogen and oxygen atoms in total. The average Bonchev–Trinajstić information content (AvgIpc) is 2.88. The van der Waals surface area contributed by atoms with Gasteiger partial charge < -0.3 is 18.9 Å². The van der Waals surface area contributed by atoms with Crippen molar-refractivity contribution in [2.45, 2.75) is 37.9 Å². The molecule has 0 amide bonds. The van der Waals surface area contributed by atoms with E-state index in [0.29, 0.717) is 23.5 Å². The molecule has 6 heteroatoms. The van der Waals surface area contributed by atoms with Gasteiger partial charge in [-0.25, -0.2) is 0 Å². The Kier molecular flexibility index (Phi) is 5.85. The topological polar surface area (TPSA) is 71.1 Å². The van der Waals surface area contributed by atoms with Gasteiger partial charge in [0.15, 0.2) is 17.3 Å². The second kappa shape index (κ2) is 8.03. The maximum atomic E-state index is 13.4. The van der Waals surface area contributed by atoms with Gasteiger partial charge in [-0.1, -0.05) is 19.1 Å². The number of ether oxygens (including phenoxy) is 4. The van der Waals surface area contributed by atoms with Gasteiger partial charge in [0, 0.05) is 25.9 Å². The Morgan fingerprint density at radius 3 is 2.41 bits per heavy atom. The SMILES string of the molecule is C=CCC1=C[C@]2(OC)[C@H](OC(C)=O)[C@H](C1=O)[C@@H](c1ccc(OC)c(OC)c1)[C@@H]2C. The molecule has 5 atom stereocenters. The Morgan fingerprint density at radius 1 is 1.17 bits per heavy atom. The summed E-state index contributed by atoms with van der Waals surface area (Å²) >= 11 is 0. The van der Waals surface area contributed by atoms with E-state index in [-0.39, 0.29) is 17.6 Å². The first-order valence-corrected chi connectivity index (χ1v) is 9.65. The maximum Gasteiger partial charge on any atom is 0.303 e. The molecule has 0 aliphatic heterocycles. The summed E-state index contributed by atoms with van der Waals surface area (Å²) in [6, 6.07) is 5.64. The second-order valence-corrected chi connectivity index (χ2v) is 7.57. The number of rotatable bonds is 7. The highest BCUT2D eigenvalue weighted by Crippen LogP contribution is 2.58. The molecule has 1 fully saturated rings. The van der Waals surface area contributed by atoms with Crippen LogP contribution in [-0.4, -0.2) is 44.8 Å². The van der Waals surface area contributed by atoms with Gasteiger partial charge in [0.2, 0.25) is 0 Å². The molecule has 0 unspecified atom stereocenters. The van der Waals surface area contributed by atoms with E-state index in [2.05, 4.69) is 6.58 Å². The van der Waals surface area contributed by atoms with Gasteiger partial charge in [0.25, 0.3) is 0 Å². The Hall–Kier alpha value is -2.60. The number of ketones is 1. The van der Waals surface area contributed by atoms with Crippen LogP contribution in [0.1, 0.15) is 31.7 Å². The fourth-order valence-electron chi connectivity index (χ4n) is 4.97. The summed E-state index contributed by atoms with van der Waals surface area (Å²) in [6.07, 6.45) is 3.29. The van der Waals surface area contributed by atoms with Crippen LogP contribution in [0, 0.1) is 11.8 Å². The summed E-state index contributed by atoms with van der Waals surface area (Å²) in [7, 11) is 4.75. The Balaban J connectivity index is 2.17. The second-order valence-electron chi connectivity index (χ2n) is 7.57. The molecule has 1 aromatic rings. The smallest absolute Gasteiger partial charge is 0.303 e. The number of fused-ring (bicyclic) bond motifs is 2. The Morgan fingerprint density at radius 2 is 1.86 bits per heavy atom. The molecule has 0 saturated heterocycles. The minimum atomic E-state index is -0.888. The van der Waals surface area contributed by atoms with E-state index in [9.17, 15) is 9.59 Å². The van der Waals surface area contributed by atoms with Crippen LogP contribution in [0.2, 0.25) is 0 Å². The molecule has 2 aliphatic carbocycles. The number of benzene rings is 1. The number of allylic oxidation sites excluding steroid dienone is 2. The first-order chi connectivity index (χ1) is 13.8. The predicted molar refractivity (Wildman–Crippen MR) is 108 cm³/mol. The van der Waals surface area contributed by atoms with E-state index in [4.69, 9.17) is 18.9 Å². The summed E-state index contributed by atoms with van der Waals surface area (Å²) in [6.45, 7) is 7.15. The van der Waals surface area contributed by atoms with Gasteiger partial charge in [-0.05, 0) is 35.8 Å². The van der Waals surface area contributed by atoms with Gasteiger partial charge >= 0.3 is 5.97 Å². The summed E-state index contributed by atoms with van der Waals surface area (Å²) in [5, 5.41) is 0. The summed E-state index contributed by atoms with van der Waals surface area (Å²) in [5.41, 5.74) is 0.670. The zero-order chi connectivity index (χ0) is 21.3. The molecule has 1 saturated carbocycles. The molecule has 2 aliphatic rings. The number of methoxy groups -OCH3 is 3. The highest BCUT2D eigenvalue weighted by molar-refractivity contribution is 6.01. The van der Waals surface area contributed by atoms with Gasteiger partial charge in [-0.3, -0.25) is 9.59 Å². The lowest BCUT2D eigenvalue weighted by atomic mass is 9.78. The lowest BCUT2D eigenvalue weighted by Gasteiger charge is -2.38. The summed E-state index contributed by atoms with van der Waals surface area (Å²) in [5.74, 6) is -0.160. The molecule has 0 radical (unpaired) electrons. The van der Waals surface area contributed by atoms with Crippen molar-refractivity contribution in [3.05, 3.63) is 48.1 Å². The standard InChI is InChI=1S/C23H28O6/c1-7-8-16-12-23(28-6)13(2)19(20(21(16)25)22(23)29-14(3)24)15-9-10-17(26-4)18(11-15)27-5/h7,9-13,19-20,22H,1,8H2,2-6H3/t13-,19+,20-,22+,23+/m0/s1. The largest absolute Gasteiger partial charge is 0.493 e. The molecule has 0 N–H and O–H groups in total. The monoisotopic (exact) mass is 400 g/mol. The molecule has 0 spiro atoms. The minimum Gasteiger partial charge on any atom is -0.493 e. The third kappa shape index (κ3) is 3.25. The molecular formula is C23H28O6. The van der Waals surface area contributed by atoms with Crippen LogP contribution in [0.25, 0.3) is 0 Å². The van der Waals surface area contributed by atoms with E-state index >= 15 is 0 Å². The first-order valence-electron chi connectivity index (χ1n) is 9.65. The van der Waals surface area contributed by atoms with Crippen LogP contribution in [0.15, 0.2) is 42.5 Å². The molecule has 1 aromatic carbocycles. The van der Waals surface area contributed by atoms with Crippen LogP contribution in [0.4, 0.5) is 0 Å². The van der Waals surface area contributed by atoms with Crippen molar-refractivity contribution >= 4 is 11.8 Å². The normalized spacial score (nSPS) is 30.5. The van der Waals surface area contributed by atoms with E-state index in [0.717, 1.165) is 5.56 Å². The van der Waals surface area contributed by atoms with Crippen molar-refractivity contribution in [1.29, 1.82) is 0 Å². The van der Waals surface area contributed by atoms with Crippen LogP contribution in [-0.2, 0) is 19.1 Å². The van der Waals surface area contributed by atoms with Gasteiger partial charge in [-0.2, -0.15) is 0 Å². The number of hydrogen-bond acceptors (Lipinski definition) is 6. The van der Waals surface area contributed by atoms with Gasteiger partial charge in [0.1, 0.15) is 11.7 Å². The minimum absolute atomic E-state index is 0.0343. The molecular weight excluding hydrogens is 372 g/mol. The zero-order valence-corrected chi connectivity index (χ0v) is 17.6. The number of carbonyl (C=O) groups is 2. The Bertz CT molecular complexity index is 857. The quantitative estimate of drug-likeness (QED) is 0.516. The first kappa shape index (κ1) is 21.1. The molecule has 2 bridgehead atoms. The maximum absolute atomic E-state index is 13.4. The number of esters is 1. The molecule has 0 aromatic heterocycles. The van der Waals surface area contributed by atoms with Gasteiger partial charge in [0.05, 0.1) is 20.1 Å². The number of carbonyl (C=O) groups excluding carboxylic acids is 2. The van der Waals surface area contributed by atoms with Crippen molar-refractivity contribution in [2.75, 3.05) is 21.3 Å². The van der Waals surface area contributed by atoms with Crippen molar-refractivity contribution < 1.29 is 28.5 Å². The van der Waals surface area contributed by atoms with Crippen LogP contribution < -0.4 is 9.47 Å². The third-order valence-electron chi connectivity index (χ3n) is 6.23. The Labute approximate surface area is 171 Å². The summed E-state index contributed by atoms with van der Waals surface area (Å²) in [4.78, 5) is 25.3. The van der Waals surface area contributed by atoms with Crippen LogP contribution in [0.3, 0.4) is 0 Å². The van der Waals surface area contributed by atoms with E-state index in [1.807, 2.05) is 31.2 Å². The molecule has 29 heavy (non-hydrogen) atoms. The number of Topliss-reactive ketones (excluding diaryl/α,β-unsaturated/α-hetero) is 1. The van der Waals surface area contributed by atoms with E-state index in [1.165, 1.54) is 6.92 Å². The highest BCUT2D eigenvalue weighted by atomic mass is 16.6. The molecule has 3 rings (SSSR count). The van der Waals surface area contributed by atoms with Crippen molar-refractivity contribution in [3.63, 3.8) is 0 Å². The summed E-state index contributed by atoms with van der Waals surface area (Å²) < 4.78 is 22.5. The fourth-order valence-corrected chi connectivity index (χ4v) is 4.97. The molecule has 156 valence electrons. The van der Waals surface area contributed by atoms with Gasteiger partial charge in [-0.15, -0.1) is 6.58 Å². The van der Waals surface area contributed by atoms with Crippen LogP contribution >= 0.6 is 0 Å². The predicted octanol–water partition coefficient (Wildman–Crippen LogP) is 3.46. The van der Waals surface area contributed by atoms with Crippen molar-refractivity contribution in [1.82, 2.24) is 0 Å². The molecule has 0 heterocycles. The average molecular weight is 400 g/mol. The number of hydrogen-bond donors (Lipinski definition) is 0.